The van der Waals surface area contributed by atoms with Gasteiger partial charge in [-0.3, -0.25) is 0 Å². The van der Waals surface area contributed by atoms with Gasteiger partial charge in [0.05, 0.1) is 4.90 Å². The molecule has 0 amide bonds. The zero-order chi connectivity index (χ0) is 14.0. The summed E-state index contributed by atoms with van der Waals surface area (Å²) < 4.78 is 27.1. The SMILES string of the molecule is CCN(C1CCNC1)S(=O)(=O)c1cccc(Cl)c1C. The van der Waals surface area contributed by atoms with E-state index in [1.165, 1.54) is 0 Å². The van der Waals surface area contributed by atoms with Gasteiger partial charge in [0.25, 0.3) is 0 Å². The molecule has 0 aliphatic carbocycles. The summed E-state index contributed by atoms with van der Waals surface area (Å²) in [5, 5.41) is 3.69. The number of benzene rings is 1. The molecule has 1 aromatic carbocycles. The number of rotatable bonds is 4. The fraction of sp³-hybridized carbons (Fsp3) is 0.538. The Labute approximate surface area is 119 Å². The molecule has 1 aliphatic heterocycles. The van der Waals surface area contributed by atoms with Crippen molar-refractivity contribution < 1.29 is 8.42 Å². The largest absolute Gasteiger partial charge is 0.315 e. The molecule has 1 N–H and O–H groups in total. The van der Waals surface area contributed by atoms with Crippen LogP contribution in [0.5, 0.6) is 0 Å². The Morgan fingerprint density at radius 2 is 2.21 bits per heavy atom. The van der Waals surface area contributed by atoms with Crippen LogP contribution in [0.15, 0.2) is 23.1 Å². The van der Waals surface area contributed by atoms with E-state index in [1.54, 1.807) is 29.4 Å². The summed E-state index contributed by atoms with van der Waals surface area (Å²) in [4.78, 5) is 0.314. The van der Waals surface area contributed by atoms with Crippen LogP contribution in [0.4, 0.5) is 0 Å². The van der Waals surface area contributed by atoms with E-state index < -0.39 is 10.0 Å². The second kappa shape index (κ2) is 5.79. The summed E-state index contributed by atoms with van der Waals surface area (Å²) >= 11 is 6.03. The van der Waals surface area contributed by atoms with Crippen LogP contribution in [0.25, 0.3) is 0 Å². The Balaban J connectivity index is 2.42. The molecule has 0 spiro atoms. The van der Waals surface area contributed by atoms with E-state index in [4.69, 9.17) is 11.6 Å². The summed E-state index contributed by atoms with van der Waals surface area (Å²) in [5.74, 6) is 0. The van der Waals surface area contributed by atoms with Gasteiger partial charge in [0.1, 0.15) is 0 Å². The van der Waals surface area contributed by atoms with Crippen LogP contribution in [0, 0.1) is 6.92 Å². The van der Waals surface area contributed by atoms with Gasteiger partial charge >= 0.3 is 0 Å². The third-order valence-corrected chi connectivity index (χ3v) is 6.14. The van der Waals surface area contributed by atoms with Crippen LogP contribution in [0.1, 0.15) is 18.9 Å². The van der Waals surface area contributed by atoms with Crippen molar-refractivity contribution in [2.75, 3.05) is 19.6 Å². The van der Waals surface area contributed by atoms with Crippen LogP contribution in [-0.2, 0) is 10.0 Å². The van der Waals surface area contributed by atoms with Crippen molar-refractivity contribution >= 4 is 21.6 Å². The van der Waals surface area contributed by atoms with Crippen LogP contribution in [-0.4, -0.2) is 38.4 Å². The molecule has 2 rings (SSSR count). The number of nitrogens with one attached hydrogen (secondary N) is 1. The first kappa shape index (κ1) is 14.8. The second-order valence-electron chi connectivity index (χ2n) is 4.72. The van der Waals surface area contributed by atoms with Gasteiger partial charge in [-0.2, -0.15) is 4.31 Å². The molecule has 1 aliphatic rings. The number of likely N-dealkylation sites (N-methyl/N-ethyl adjacent to an activating group) is 1. The summed E-state index contributed by atoms with van der Waals surface area (Å²) in [7, 11) is -3.48. The lowest BCUT2D eigenvalue weighted by Gasteiger charge is -2.27. The average Bonchev–Trinajstić information content (AvgIpc) is 2.86. The lowest BCUT2D eigenvalue weighted by atomic mass is 10.2. The molecule has 0 saturated carbocycles. The van der Waals surface area contributed by atoms with E-state index in [2.05, 4.69) is 5.32 Å². The monoisotopic (exact) mass is 302 g/mol. The first-order chi connectivity index (χ1) is 8.98. The van der Waals surface area contributed by atoms with Gasteiger partial charge in [0.2, 0.25) is 10.0 Å². The predicted molar refractivity (Wildman–Crippen MR) is 77.0 cm³/mol. The Morgan fingerprint density at radius 1 is 1.47 bits per heavy atom. The Morgan fingerprint density at radius 3 is 2.79 bits per heavy atom. The highest BCUT2D eigenvalue weighted by Crippen LogP contribution is 2.27. The van der Waals surface area contributed by atoms with Gasteiger partial charge in [-0.1, -0.05) is 24.6 Å². The van der Waals surface area contributed by atoms with E-state index in [1.807, 2.05) is 6.92 Å². The fourth-order valence-electron chi connectivity index (χ4n) is 2.50. The summed E-state index contributed by atoms with van der Waals surface area (Å²) in [6.45, 7) is 5.67. The topological polar surface area (TPSA) is 49.4 Å². The molecule has 1 aromatic rings. The van der Waals surface area contributed by atoms with Gasteiger partial charge in [-0.25, -0.2) is 8.42 Å². The molecule has 6 heteroatoms. The van der Waals surface area contributed by atoms with Crippen LogP contribution >= 0.6 is 11.6 Å². The zero-order valence-electron chi connectivity index (χ0n) is 11.2. The van der Waals surface area contributed by atoms with E-state index >= 15 is 0 Å². The maximum atomic E-state index is 12.8. The average molecular weight is 303 g/mol. The number of hydrogen-bond donors (Lipinski definition) is 1. The minimum Gasteiger partial charge on any atom is -0.315 e. The van der Waals surface area contributed by atoms with Crippen molar-refractivity contribution in [1.29, 1.82) is 0 Å². The fourth-order valence-corrected chi connectivity index (χ4v) is 4.65. The number of halogens is 1. The van der Waals surface area contributed by atoms with Gasteiger partial charge < -0.3 is 5.32 Å². The first-order valence-electron chi connectivity index (χ1n) is 6.46. The minimum atomic E-state index is -3.48. The molecule has 1 fully saturated rings. The number of hydrogen-bond acceptors (Lipinski definition) is 3. The maximum Gasteiger partial charge on any atom is 0.243 e. The highest BCUT2D eigenvalue weighted by Gasteiger charge is 2.33. The van der Waals surface area contributed by atoms with Crippen molar-refractivity contribution in [1.82, 2.24) is 9.62 Å². The van der Waals surface area contributed by atoms with Gasteiger partial charge in [0, 0.05) is 24.2 Å². The van der Waals surface area contributed by atoms with Gasteiger partial charge in [-0.15, -0.1) is 0 Å². The molecule has 1 heterocycles. The molecule has 0 radical (unpaired) electrons. The van der Waals surface area contributed by atoms with Crippen LogP contribution < -0.4 is 5.32 Å². The Hall–Kier alpha value is -0.620. The zero-order valence-corrected chi connectivity index (χ0v) is 12.8. The molecule has 19 heavy (non-hydrogen) atoms. The molecule has 1 saturated heterocycles. The molecule has 4 nitrogen and oxygen atoms in total. The van der Waals surface area contributed by atoms with E-state index in [-0.39, 0.29) is 6.04 Å². The molecule has 0 aromatic heterocycles. The molecular weight excluding hydrogens is 284 g/mol. The quantitative estimate of drug-likeness (QED) is 0.926. The lowest BCUT2D eigenvalue weighted by molar-refractivity contribution is 0.348. The van der Waals surface area contributed by atoms with Gasteiger partial charge in [0.15, 0.2) is 0 Å². The number of nitrogens with zero attached hydrogens (tertiary/aromatic N) is 1. The number of sulfonamides is 1. The van der Waals surface area contributed by atoms with Crippen molar-refractivity contribution in [3.8, 4) is 0 Å². The molecule has 1 unspecified atom stereocenters. The first-order valence-corrected chi connectivity index (χ1v) is 8.28. The second-order valence-corrected chi connectivity index (χ2v) is 6.98. The van der Waals surface area contributed by atoms with Crippen LogP contribution in [0.2, 0.25) is 5.02 Å². The summed E-state index contributed by atoms with van der Waals surface area (Å²) in [6, 6.07) is 5.06. The Bertz CT molecular complexity index is 554. The lowest BCUT2D eigenvalue weighted by Crippen LogP contribution is -2.41. The van der Waals surface area contributed by atoms with Crippen molar-refractivity contribution in [2.45, 2.75) is 31.2 Å². The van der Waals surface area contributed by atoms with E-state index in [0.29, 0.717) is 28.6 Å². The maximum absolute atomic E-state index is 12.8. The standard InChI is InChI=1S/C13H19ClN2O2S/c1-3-16(11-7-8-15-9-11)19(17,18)13-6-4-5-12(14)10(13)2/h4-6,11,15H,3,7-9H2,1-2H3. The third kappa shape index (κ3) is 2.79. The van der Waals surface area contributed by atoms with Crippen molar-refractivity contribution in [3.63, 3.8) is 0 Å². The van der Waals surface area contributed by atoms with E-state index in [0.717, 1.165) is 13.0 Å². The third-order valence-electron chi connectivity index (χ3n) is 3.56. The van der Waals surface area contributed by atoms with Crippen LogP contribution in [0.3, 0.4) is 0 Å². The highest BCUT2D eigenvalue weighted by atomic mass is 35.5. The van der Waals surface area contributed by atoms with Crippen molar-refractivity contribution in [3.05, 3.63) is 28.8 Å². The minimum absolute atomic E-state index is 0.0355. The smallest absolute Gasteiger partial charge is 0.243 e. The normalized spacial score (nSPS) is 20.1. The van der Waals surface area contributed by atoms with Crippen molar-refractivity contribution in [2.24, 2.45) is 0 Å². The molecule has 0 bridgehead atoms. The predicted octanol–water partition coefficient (Wildman–Crippen LogP) is 2.02. The van der Waals surface area contributed by atoms with E-state index in [9.17, 15) is 8.42 Å². The summed E-state index contributed by atoms with van der Waals surface area (Å²) in [6.07, 6.45) is 0.854. The summed E-state index contributed by atoms with van der Waals surface area (Å²) in [5.41, 5.74) is 0.619. The molecule has 1 atom stereocenters. The Kier molecular flexibility index (Phi) is 4.50. The molecular formula is C13H19ClN2O2S. The highest BCUT2D eigenvalue weighted by molar-refractivity contribution is 7.89. The van der Waals surface area contributed by atoms with Gasteiger partial charge in [-0.05, 0) is 37.6 Å². The molecule has 106 valence electrons.